The molecule has 9 heteroatoms. The molecular formula is C27H34FN7O. The third-order valence-corrected chi connectivity index (χ3v) is 6.84. The number of nitrogens with one attached hydrogen (secondary N) is 3. The first-order valence-electron chi connectivity index (χ1n) is 12.5. The third kappa shape index (κ3) is 5.21. The van der Waals surface area contributed by atoms with E-state index in [-0.39, 0.29) is 23.3 Å². The van der Waals surface area contributed by atoms with Crippen molar-refractivity contribution in [3.05, 3.63) is 53.7 Å². The molecule has 2 aromatic heterocycles. The summed E-state index contributed by atoms with van der Waals surface area (Å²) in [5.74, 6) is 0.711. The molecule has 0 saturated carbocycles. The van der Waals surface area contributed by atoms with Gasteiger partial charge in [0.25, 0.3) is 0 Å². The van der Waals surface area contributed by atoms with Crippen LogP contribution in [-0.4, -0.2) is 69.5 Å². The zero-order valence-electron chi connectivity index (χ0n) is 21.4. The Morgan fingerprint density at radius 1 is 1.19 bits per heavy atom. The summed E-state index contributed by atoms with van der Waals surface area (Å²) in [6.45, 7) is 8.99. The second-order valence-electron chi connectivity index (χ2n) is 10.9. The van der Waals surface area contributed by atoms with E-state index in [1.165, 1.54) is 12.4 Å². The number of halogens is 1. The van der Waals surface area contributed by atoms with Crippen LogP contribution in [0, 0.1) is 5.82 Å². The van der Waals surface area contributed by atoms with Crippen molar-refractivity contribution >= 4 is 34.1 Å². The summed E-state index contributed by atoms with van der Waals surface area (Å²) in [4.78, 5) is 28.8. The van der Waals surface area contributed by atoms with Crippen molar-refractivity contribution in [1.29, 1.82) is 0 Å². The van der Waals surface area contributed by atoms with Gasteiger partial charge in [0.1, 0.15) is 23.6 Å². The van der Waals surface area contributed by atoms with E-state index >= 15 is 0 Å². The molecule has 36 heavy (non-hydrogen) atoms. The van der Waals surface area contributed by atoms with Gasteiger partial charge in [-0.05, 0) is 82.6 Å². The Morgan fingerprint density at radius 2 is 2.03 bits per heavy atom. The predicted molar refractivity (Wildman–Crippen MR) is 141 cm³/mol. The highest BCUT2D eigenvalue weighted by atomic mass is 19.1. The third-order valence-electron chi connectivity index (χ3n) is 6.84. The van der Waals surface area contributed by atoms with Gasteiger partial charge in [0.2, 0.25) is 0 Å². The van der Waals surface area contributed by atoms with Crippen molar-refractivity contribution in [3.63, 3.8) is 0 Å². The molecule has 0 bridgehead atoms. The molecule has 0 spiro atoms. The smallest absolute Gasteiger partial charge is 0.318 e. The highest BCUT2D eigenvalue weighted by Crippen LogP contribution is 2.33. The molecule has 5 rings (SSSR count). The molecule has 8 nitrogen and oxygen atoms in total. The van der Waals surface area contributed by atoms with Crippen molar-refractivity contribution in [3.8, 4) is 0 Å². The summed E-state index contributed by atoms with van der Waals surface area (Å²) in [6.07, 6.45) is 5.31. The summed E-state index contributed by atoms with van der Waals surface area (Å²) in [6, 6.07) is 7.19. The molecule has 1 fully saturated rings. The average molecular weight is 492 g/mol. The lowest BCUT2D eigenvalue weighted by atomic mass is 9.97. The van der Waals surface area contributed by atoms with Crippen molar-refractivity contribution in [2.75, 3.05) is 38.5 Å². The molecule has 3 N–H and O–H groups in total. The van der Waals surface area contributed by atoms with Gasteiger partial charge in [-0.15, -0.1) is 0 Å². The largest absolute Gasteiger partial charge is 0.340 e. The molecule has 1 saturated heterocycles. The van der Waals surface area contributed by atoms with E-state index in [0.29, 0.717) is 18.9 Å². The summed E-state index contributed by atoms with van der Waals surface area (Å²) in [5, 5.41) is 7.27. The number of H-pyrrole nitrogens is 1. The Bertz CT molecular complexity index is 1310. The summed E-state index contributed by atoms with van der Waals surface area (Å²) >= 11 is 0. The minimum absolute atomic E-state index is 0.0466. The highest BCUT2D eigenvalue weighted by molar-refractivity contribution is 5.92. The van der Waals surface area contributed by atoms with Crippen LogP contribution >= 0.6 is 0 Å². The maximum atomic E-state index is 14.6. The first-order valence-corrected chi connectivity index (χ1v) is 12.5. The van der Waals surface area contributed by atoms with Crippen molar-refractivity contribution < 1.29 is 9.18 Å². The quantitative estimate of drug-likeness (QED) is 0.485. The van der Waals surface area contributed by atoms with Crippen LogP contribution in [0.15, 0.2) is 36.7 Å². The Labute approximate surface area is 211 Å². The Balaban J connectivity index is 1.35. The number of aromatic nitrogens is 3. The van der Waals surface area contributed by atoms with Crippen LogP contribution in [-0.2, 0) is 0 Å². The molecule has 4 heterocycles. The normalized spacial score (nSPS) is 19.0. The maximum Gasteiger partial charge on any atom is 0.318 e. The fraction of sp³-hybridized carbons (Fsp3) is 0.444. The van der Waals surface area contributed by atoms with Gasteiger partial charge < -0.3 is 25.4 Å². The number of benzene rings is 1. The van der Waals surface area contributed by atoms with Crippen LogP contribution < -0.4 is 10.6 Å². The van der Waals surface area contributed by atoms with Gasteiger partial charge in [-0.1, -0.05) is 6.08 Å². The minimum atomic E-state index is -0.265. The minimum Gasteiger partial charge on any atom is -0.340 e. The lowest BCUT2D eigenvalue weighted by Gasteiger charge is -2.30. The number of fused-ring (bicyclic) bond motifs is 1. The molecule has 1 atom stereocenters. The predicted octanol–water partition coefficient (Wildman–Crippen LogP) is 4.86. The van der Waals surface area contributed by atoms with E-state index in [9.17, 15) is 9.18 Å². The average Bonchev–Trinajstić information content (AvgIpc) is 3.46. The van der Waals surface area contributed by atoms with Gasteiger partial charge in [0.05, 0.1) is 5.39 Å². The van der Waals surface area contributed by atoms with E-state index in [0.717, 1.165) is 59.5 Å². The van der Waals surface area contributed by atoms with Gasteiger partial charge in [-0.3, -0.25) is 0 Å². The van der Waals surface area contributed by atoms with Gasteiger partial charge in [0, 0.05) is 42.5 Å². The lowest BCUT2D eigenvalue weighted by molar-refractivity contribution is 0.193. The monoisotopic (exact) mass is 491 g/mol. The number of likely N-dealkylation sites (N-methyl/N-ethyl adjacent to an activating group) is 1. The van der Waals surface area contributed by atoms with Crippen LogP contribution in [0.2, 0.25) is 0 Å². The summed E-state index contributed by atoms with van der Waals surface area (Å²) in [5.41, 5.74) is 4.14. The molecule has 0 unspecified atom stereocenters. The highest BCUT2D eigenvalue weighted by Gasteiger charge is 2.25. The number of carbonyl (C=O) groups excluding carboxylic acids is 1. The molecule has 190 valence electrons. The maximum absolute atomic E-state index is 14.6. The second kappa shape index (κ2) is 9.54. The number of hydrogen-bond donors (Lipinski definition) is 3. The molecule has 2 aliphatic heterocycles. The topological polar surface area (TPSA) is 89.2 Å². The number of urea groups is 1. The number of nitrogens with zero attached hydrogens (tertiary/aromatic N) is 4. The van der Waals surface area contributed by atoms with Crippen LogP contribution in [0.4, 0.5) is 20.7 Å². The number of aromatic amines is 1. The molecular weight excluding hydrogens is 457 g/mol. The van der Waals surface area contributed by atoms with Crippen molar-refractivity contribution in [2.45, 2.75) is 45.1 Å². The van der Waals surface area contributed by atoms with Crippen LogP contribution in [0.25, 0.3) is 16.6 Å². The molecule has 2 amide bonds. The van der Waals surface area contributed by atoms with E-state index in [1.54, 1.807) is 6.07 Å². The first kappa shape index (κ1) is 24.2. The van der Waals surface area contributed by atoms with Crippen LogP contribution in [0.1, 0.15) is 50.8 Å². The van der Waals surface area contributed by atoms with Gasteiger partial charge in [-0.25, -0.2) is 19.2 Å². The molecule has 0 radical (unpaired) electrons. The molecule has 3 aromatic rings. The zero-order chi connectivity index (χ0) is 25.4. The Kier molecular flexibility index (Phi) is 6.42. The second-order valence-corrected chi connectivity index (χ2v) is 10.9. The number of amides is 2. The van der Waals surface area contributed by atoms with E-state index < -0.39 is 0 Å². The summed E-state index contributed by atoms with van der Waals surface area (Å²) in [7, 11) is 2.07. The molecule has 0 aliphatic carbocycles. The standard InChI is InChI=1S/C27H34FN7O/c1-27(2,3)33-26(36)35-11-8-17(9-12-35)23-14-21-24(29-16-30-25(21)32-23)31-19-5-6-22(28)20(13-19)18-7-10-34(4)15-18/h5-6,8,13-14,16,18H,7,9-12,15H2,1-4H3,(H,33,36)(H2,29,30,31,32)/t18-/m1/s1. The molecule has 1 aromatic carbocycles. The number of likely N-dealkylation sites (tertiary alicyclic amines) is 1. The number of rotatable bonds is 4. The van der Waals surface area contributed by atoms with E-state index in [1.807, 2.05) is 37.8 Å². The zero-order valence-corrected chi connectivity index (χ0v) is 21.4. The van der Waals surface area contributed by atoms with Crippen LogP contribution in [0.5, 0.6) is 0 Å². The number of hydrogen-bond acceptors (Lipinski definition) is 5. The summed E-state index contributed by atoms with van der Waals surface area (Å²) < 4.78 is 14.6. The lowest BCUT2D eigenvalue weighted by Crippen LogP contribution is -2.49. The van der Waals surface area contributed by atoms with E-state index in [2.05, 4.69) is 43.6 Å². The SMILES string of the molecule is CN1CC[C@@H](c2cc(Nc3ncnc4[nH]c(C5=CCN(C(=O)NC(C)(C)C)CC5)cc34)ccc2F)C1. The van der Waals surface area contributed by atoms with Gasteiger partial charge in [-0.2, -0.15) is 0 Å². The molecule has 2 aliphatic rings. The van der Waals surface area contributed by atoms with Crippen LogP contribution in [0.3, 0.4) is 0 Å². The van der Waals surface area contributed by atoms with Crippen molar-refractivity contribution in [1.82, 2.24) is 30.1 Å². The van der Waals surface area contributed by atoms with E-state index in [4.69, 9.17) is 0 Å². The fourth-order valence-corrected chi connectivity index (χ4v) is 4.97. The number of carbonyl (C=O) groups is 1. The fourth-order valence-electron chi connectivity index (χ4n) is 4.97. The van der Waals surface area contributed by atoms with Crippen molar-refractivity contribution in [2.24, 2.45) is 0 Å². The first-order chi connectivity index (χ1) is 17.2. The Morgan fingerprint density at radius 3 is 2.72 bits per heavy atom. The van der Waals surface area contributed by atoms with Gasteiger partial charge >= 0.3 is 6.03 Å². The number of anilines is 2. The Hall–Kier alpha value is -3.46. The van der Waals surface area contributed by atoms with Gasteiger partial charge in [0.15, 0.2) is 0 Å².